The van der Waals surface area contributed by atoms with Gasteiger partial charge in [-0.3, -0.25) is 4.79 Å². The van der Waals surface area contributed by atoms with Gasteiger partial charge in [0.1, 0.15) is 0 Å². The van der Waals surface area contributed by atoms with Gasteiger partial charge in [0.25, 0.3) is 5.91 Å². The van der Waals surface area contributed by atoms with E-state index in [1.165, 1.54) is 5.56 Å². The summed E-state index contributed by atoms with van der Waals surface area (Å²) in [5, 5.41) is 6.77. The standard InChI is InChI=1S/C20H25N5O/c26-19(18-5-2-1-4-17(18)15-6-11-21-14-15)25-12-7-16(8-13-25)24-20-22-9-3-10-23-20/h1-5,9-10,15-16,21H,6-8,11-14H2,(H,22,23,24). The number of piperidine rings is 1. The minimum atomic E-state index is 0.168. The van der Waals surface area contributed by atoms with E-state index < -0.39 is 0 Å². The number of benzene rings is 1. The first-order valence-electron chi connectivity index (χ1n) is 9.44. The number of aromatic nitrogens is 2. The van der Waals surface area contributed by atoms with Crippen molar-refractivity contribution in [1.82, 2.24) is 20.2 Å². The lowest BCUT2D eigenvalue weighted by Crippen LogP contribution is -2.43. The van der Waals surface area contributed by atoms with Crippen molar-refractivity contribution in [3.63, 3.8) is 0 Å². The van der Waals surface area contributed by atoms with Gasteiger partial charge in [-0.2, -0.15) is 0 Å². The van der Waals surface area contributed by atoms with E-state index in [1.54, 1.807) is 12.4 Å². The van der Waals surface area contributed by atoms with Crippen LogP contribution in [0.5, 0.6) is 0 Å². The van der Waals surface area contributed by atoms with E-state index in [1.807, 2.05) is 29.2 Å². The molecule has 0 bridgehead atoms. The van der Waals surface area contributed by atoms with Crippen molar-refractivity contribution in [1.29, 1.82) is 0 Å². The fourth-order valence-electron chi connectivity index (χ4n) is 3.92. The molecule has 2 aliphatic rings. The minimum Gasteiger partial charge on any atom is -0.351 e. The third-order valence-electron chi connectivity index (χ3n) is 5.37. The summed E-state index contributed by atoms with van der Waals surface area (Å²) >= 11 is 0. The van der Waals surface area contributed by atoms with Gasteiger partial charge in [-0.05, 0) is 49.4 Å². The number of carbonyl (C=O) groups is 1. The van der Waals surface area contributed by atoms with E-state index in [9.17, 15) is 4.79 Å². The SMILES string of the molecule is O=C(c1ccccc1C1CCNC1)N1CCC(Nc2ncccn2)CC1. The molecule has 6 nitrogen and oxygen atoms in total. The topological polar surface area (TPSA) is 70.2 Å². The number of amides is 1. The van der Waals surface area contributed by atoms with Gasteiger partial charge in [0.05, 0.1) is 0 Å². The third kappa shape index (κ3) is 3.70. The monoisotopic (exact) mass is 351 g/mol. The van der Waals surface area contributed by atoms with Crippen LogP contribution >= 0.6 is 0 Å². The number of nitrogens with zero attached hydrogens (tertiary/aromatic N) is 3. The molecule has 0 saturated carbocycles. The van der Waals surface area contributed by atoms with Gasteiger partial charge in [0.2, 0.25) is 5.95 Å². The zero-order valence-corrected chi connectivity index (χ0v) is 14.9. The maximum atomic E-state index is 13.1. The zero-order valence-electron chi connectivity index (χ0n) is 14.9. The Morgan fingerprint density at radius 2 is 1.85 bits per heavy atom. The van der Waals surface area contributed by atoms with Crippen LogP contribution in [0.2, 0.25) is 0 Å². The number of carbonyl (C=O) groups excluding carboxylic acids is 1. The molecule has 3 heterocycles. The third-order valence-corrected chi connectivity index (χ3v) is 5.37. The number of hydrogen-bond acceptors (Lipinski definition) is 5. The molecule has 2 aliphatic heterocycles. The molecular weight excluding hydrogens is 326 g/mol. The molecular formula is C20H25N5O. The lowest BCUT2D eigenvalue weighted by atomic mass is 9.92. The average molecular weight is 351 g/mol. The van der Waals surface area contributed by atoms with E-state index >= 15 is 0 Å². The molecule has 0 aliphatic carbocycles. The van der Waals surface area contributed by atoms with E-state index in [0.29, 0.717) is 17.9 Å². The minimum absolute atomic E-state index is 0.168. The fourth-order valence-corrected chi connectivity index (χ4v) is 3.92. The summed E-state index contributed by atoms with van der Waals surface area (Å²) in [6, 6.07) is 10.2. The maximum Gasteiger partial charge on any atom is 0.254 e. The second kappa shape index (κ2) is 7.83. The molecule has 1 atom stereocenters. The van der Waals surface area contributed by atoms with Gasteiger partial charge in [-0.25, -0.2) is 9.97 Å². The van der Waals surface area contributed by atoms with Gasteiger partial charge in [0, 0.05) is 43.6 Å². The molecule has 0 spiro atoms. The largest absolute Gasteiger partial charge is 0.351 e. The first-order chi connectivity index (χ1) is 12.8. The van der Waals surface area contributed by atoms with Gasteiger partial charge in [-0.15, -0.1) is 0 Å². The maximum absolute atomic E-state index is 13.1. The summed E-state index contributed by atoms with van der Waals surface area (Å²) in [4.78, 5) is 23.5. The summed E-state index contributed by atoms with van der Waals surface area (Å²) in [6.07, 6.45) is 6.41. The molecule has 0 radical (unpaired) electrons. The van der Waals surface area contributed by atoms with Gasteiger partial charge in [0.15, 0.2) is 0 Å². The number of nitrogens with one attached hydrogen (secondary N) is 2. The van der Waals surface area contributed by atoms with Crippen molar-refractivity contribution in [2.75, 3.05) is 31.5 Å². The van der Waals surface area contributed by atoms with Crippen molar-refractivity contribution < 1.29 is 4.79 Å². The van der Waals surface area contributed by atoms with Gasteiger partial charge >= 0.3 is 0 Å². The van der Waals surface area contributed by atoms with Crippen LogP contribution in [0.1, 0.15) is 41.1 Å². The molecule has 2 saturated heterocycles. The molecule has 6 heteroatoms. The molecule has 2 fully saturated rings. The first kappa shape index (κ1) is 17.0. The Kier molecular flexibility index (Phi) is 5.11. The molecule has 1 aromatic heterocycles. The normalized spacial score (nSPS) is 20.9. The lowest BCUT2D eigenvalue weighted by Gasteiger charge is -2.33. The summed E-state index contributed by atoms with van der Waals surface area (Å²) in [5.41, 5.74) is 2.07. The molecule has 4 rings (SSSR count). The van der Waals surface area contributed by atoms with Crippen LogP contribution in [0.4, 0.5) is 5.95 Å². The average Bonchev–Trinajstić information content (AvgIpc) is 3.24. The predicted octanol–water partition coefficient (Wildman–Crippen LogP) is 2.27. The van der Waals surface area contributed by atoms with Crippen LogP contribution in [0.15, 0.2) is 42.7 Å². The Bertz CT molecular complexity index is 737. The van der Waals surface area contributed by atoms with Crippen molar-refractivity contribution in [2.45, 2.75) is 31.2 Å². The van der Waals surface area contributed by atoms with Crippen molar-refractivity contribution >= 4 is 11.9 Å². The highest BCUT2D eigenvalue weighted by molar-refractivity contribution is 5.96. The molecule has 136 valence electrons. The summed E-state index contributed by atoms with van der Waals surface area (Å²) in [7, 11) is 0. The van der Waals surface area contributed by atoms with Crippen molar-refractivity contribution in [3.8, 4) is 0 Å². The Hall–Kier alpha value is -2.47. The first-order valence-corrected chi connectivity index (χ1v) is 9.44. The number of rotatable bonds is 4. The Balaban J connectivity index is 1.39. The summed E-state index contributed by atoms with van der Waals surface area (Å²) in [5.74, 6) is 1.28. The van der Waals surface area contributed by atoms with Gasteiger partial charge in [-0.1, -0.05) is 18.2 Å². The molecule has 2 N–H and O–H groups in total. The molecule has 1 amide bonds. The highest BCUT2D eigenvalue weighted by atomic mass is 16.2. The van der Waals surface area contributed by atoms with Crippen LogP contribution in [0.25, 0.3) is 0 Å². The van der Waals surface area contributed by atoms with Gasteiger partial charge < -0.3 is 15.5 Å². The molecule has 2 aromatic rings. The Labute approximate surface area is 154 Å². The number of hydrogen-bond donors (Lipinski definition) is 2. The fraction of sp³-hybridized carbons (Fsp3) is 0.450. The van der Waals surface area contributed by atoms with Crippen molar-refractivity contribution in [2.24, 2.45) is 0 Å². The molecule has 26 heavy (non-hydrogen) atoms. The number of anilines is 1. The highest BCUT2D eigenvalue weighted by Crippen LogP contribution is 2.27. The lowest BCUT2D eigenvalue weighted by molar-refractivity contribution is 0.0717. The smallest absolute Gasteiger partial charge is 0.254 e. The van der Waals surface area contributed by atoms with Crippen LogP contribution in [0.3, 0.4) is 0 Å². The second-order valence-electron chi connectivity index (χ2n) is 7.06. The predicted molar refractivity (Wildman–Crippen MR) is 101 cm³/mol. The van der Waals surface area contributed by atoms with Crippen LogP contribution < -0.4 is 10.6 Å². The Morgan fingerprint density at radius 3 is 2.58 bits per heavy atom. The van der Waals surface area contributed by atoms with Crippen LogP contribution in [-0.4, -0.2) is 53.0 Å². The molecule has 1 unspecified atom stereocenters. The van der Waals surface area contributed by atoms with E-state index in [4.69, 9.17) is 0 Å². The highest BCUT2D eigenvalue weighted by Gasteiger charge is 2.27. The summed E-state index contributed by atoms with van der Waals surface area (Å²) < 4.78 is 0. The molecule has 1 aromatic carbocycles. The quantitative estimate of drug-likeness (QED) is 0.884. The van der Waals surface area contributed by atoms with Crippen LogP contribution in [0, 0.1) is 0 Å². The number of likely N-dealkylation sites (tertiary alicyclic amines) is 1. The Morgan fingerprint density at radius 1 is 1.08 bits per heavy atom. The van der Waals surface area contributed by atoms with Crippen LogP contribution in [-0.2, 0) is 0 Å². The van der Waals surface area contributed by atoms with E-state index in [-0.39, 0.29) is 5.91 Å². The van der Waals surface area contributed by atoms with Crippen molar-refractivity contribution in [3.05, 3.63) is 53.9 Å². The zero-order chi connectivity index (χ0) is 17.8. The van der Waals surface area contributed by atoms with E-state index in [2.05, 4.69) is 26.7 Å². The second-order valence-corrected chi connectivity index (χ2v) is 7.06. The van der Waals surface area contributed by atoms with E-state index in [0.717, 1.165) is 51.0 Å². The summed E-state index contributed by atoms with van der Waals surface area (Å²) in [6.45, 7) is 3.53.